The van der Waals surface area contributed by atoms with E-state index in [0.29, 0.717) is 119 Å². The quantitative estimate of drug-likeness (QED) is 0.102. The lowest BCUT2D eigenvalue weighted by Crippen LogP contribution is -2.44. The minimum atomic E-state index is -0.202. The lowest BCUT2D eigenvalue weighted by atomic mass is 10.0. The number of methoxy groups -OCH3 is 2. The second-order valence-corrected chi connectivity index (χ2v) is 21.7. The molecule has 82 heavy (non-hydrogen) atoms. The normalized spacial score (nSPS) is 17.1. The van der Waals surface area contributed by atoms with Gasteiger partial charge in [-0.25, -0.2) is 29.4 Å². The molecule has 22 nitrogen and oxygen atoms in total. The Morgan fingerprint density at radius 2 is 1.28 bits per heavy atom. The number of benzene rings is 2. The van der Waals surface area contributed by atoms with Gasteiger partial charge in [0.05, 0.1) is 60.4 Å². The van der Waals surface area contributed by atoms with Crippen LogP contribution in [0.2, 0.25) is 0 Å². The van der Waals surface area contributed by atoms with E-state index in [9.17, 15) is 14.4 Å². The van der Waals surface area contributed by atoms with E-state index in [2.05, 4.69) is 53.9 Å². The Balaban J connectivity index is 0.000000193. The molecule has 8 aromatic rings. The van der Waals surface area contributed by atoms with E-state index in [-0.39, 0.29) is 34.8 Å². The summed E-state index contributed by atoms with van der Waals surface area (Å²) in [5.74, 6) is 3.88. The zero-order valence-electron chi connectivity index (χ0n) is 49.3. The number of carbonyl (C=O) groups excluding carboxylic acids is 1. The number of anilines is 2. The molecule has 1 unspecified atom stereocenters. The summed E-state index contributed by atoms with van der Waals surface area (Å²) < 4.78 is 29.5. The van der Waals surface area contributed by atoms with Crippen LogP contribution in [0.4, 0.5) is 11.4 Å². The first-order valence-corrected chi connectivity index (χ1v) is 28.7. The van der Waals surface area contributed by atoms with Gasteiger partial charge in [-0.05, 0) is 107 Å². The summed E-state index contributed by atoms with van der Waals surface area (Å²) in [6.45, 7) is 20.7. The molecule has 2 atom stereocenters. The van der Waals surface area contributed by atoms with E-state index in [1.807, 2.05) is 112 Å². The maximum absolute atomic E-state index is 14.0. The molecule has 0 saturated carbocycles. The molecular weight excluding hydrogens is 1040 g/mol. The van der Waals surface area contributed by atoms with Crippen LogP contribution in [-0.4, -0.2) is 160 Å². The predicted octanol–water partition coefficient (Wildman–Crippen LogP) is 5.62. The fourth-order valence-electron chi connectivity index (χ4n) is 11.2. The van der Waals surface area contributed by atoms with Gasteiger partial charge in [-0.2, -0.15) is 5.10 Å². The van der Waals surface area contributed by atoms with Crippen molar-refractivity contribution in [2.45, 2.75) is 124 Å². The van der Waals surface area contributed by atoms with Crippen molar-refractivity contribution in [3.05, 3.63) is 134 Å². The van der Waals surface area contributed by atoms with Gasteiger partial charge >= 0.3 is 0 Å². The lowest BCUT2D eigenvalue weighted by molar-refractivity contribution is -0.130. The molecule has 6 aromatic heterocycles. The van der Waals surface area contributed by atoms with Crippen molar-refractivity contribution in [3.8, 4) is 0 Å². The average Bonchev–Trinajstić information content (AvgIpc) is 3.92. The Morgan fingerprint density at radius 3 is 1.84 bits per heavy atom. The number of ether oxygens (including phenoxy) is 4. The van der Waals surface area contributed by atoms with Crippen molar-refractivity contribution in [3.63, 3.8) is 0 Å². The summed E-state index contributed by atoms with van der Waals surface area (Å²) >= 11 is 0. The summed E-state index contributed by atoms with van der Waals surface area (Å²) in [5.41, 5.74) is 6.90. The van der Waals surface area contributed by atoms with E-state index >= 15 is 0 Å². The highest BCUT2D eigenvalue weighted by Crippen LogP contribution is 2.30. The molecule has 9 heterocycles. The van der Waals surface area contributed by atoms with Crippen molar-refractivity contribution in [1.82, 2.24) is 63.3 Å². The first-order chi connectivity index (χ1) is 39.6. The van der Waals surface area contributed by atoms with Crippen LogP contribution in [0.15, 0.2) is 76.8 Å². The molecule has 1 amide bonds. The van der Waals surface area contributed by atoms with Gasteiger partial charge in [-0.1, -0.05) is 19.9 Å². The van der Waals surface area contributed by atoms with Crippen molar-refractivity contribution in [2.75, 3.05) is 83.2 Å². The maximum atomic E-state index is 14.0. The van der Waals surface area contributed by atoms with Crippen molar-refractivity contribution >= 4 is 44.7 Å². The number of rotatable bonds is 18. The molecule has 0 radical (unpaired) electrons. The molecular formula is C60H79N15O7. The van der Waals surface area contributed by atoms with Crippen LogP contribution in [0.3, 0.4) is 0 Å². The number of fused-ring (bicyclic) bond motifs is 3. The number of hydrogen-bond acceptors (Lipinski definition) is 17. The topological polar surface area (TPSA) is 220 Å². The third-order valence-corrected chi connectivity index (χ3v) is 15.6. The molecule has 3 aliphatic rings. The minimum Gasteiger partial charge on any atom is -0.382 e. The number of aryl methyl sites for hydroxylation is 8. The molecule has 3 fully saturated rings. The van der Waals surface area contributed by atoms with Crippen LogP contribution in [0.5, 0.6) is 0 Å². The third kappa shape index (κ3) is 13.7. The number of pyridine rings is 1. The van der Waals surface area contributed by atoms with Gasteiger partial charge in [0, 0.05) is 128 Å². The Morgan fingerprint density at radius 1 is 0.683 bits per heavy atom. The van der Waals surface area contributed by atoms with Gasteiger partial charge in [0.15, 0.2) is 5.65 Å². The zero-order valence-corrected chi connectivity index (χ0v) is 49.3. The van der Waals surface area contributed by atoms with Crippen LogP contribution in [0, 0.1) is 20.8 Å². The lowest BCUT2D eigenvalue weighted by Gasteiger charge is -2.34. The van der Waals surface area contributed by atoms with Crippen LogP contribution >= 0.6 is 0 Å². The van der Waals surface area contributed by atoms with Gasteiger partial charge in [0.1, 0.15) is 35.4 Å². The van der Waals surface area contributed by atoms with Gasteiger partial charge < -0.3 is 38.2 Å². The Kier molecular flexibility index (Phi) is 19.2. The SMILES string of the molecule is CC.COCC1CN(c2ccc3c(=O)n(CCc4ccc5nc(C)nn5c4)c(CCN4C(=O)CCC4(C)C)nc3c2)CCO1.COC[C@H]1CN(c2ccc3c(=O)n(CCc4cnc(C)nc4C)c(CCc4nncn4C)nc3c2)CCO1. The van der Waals surface area contributed by atoms with E-state index < -0.39 is 0 Å². The highest BCUT2D eigenvalue weighted by atomic mass is 16.5. The molecule has 22 heteroatoms. The number of aromatic nitrogens is 12. The van der Waals surface area contributed by atoms with Gasteiger partial charge in [0.25, 0.3) is 11.1 Å². The van der Waals surface area contributed by atoms with E-state index in [4.69, 9.17) is 28.9 Å². The van der Waals surface area contributed by atoms with Crippen LogP contribution in [0.1, 0.15) is 86.5 Å². The Hall–Kier alpha value is -7.53. The summed E-state index contributed by atoms with van der Waals surface area (Å²) in [6, 6.07) is 15.8. The molecule has 0 spiro atoms. The second kappa shape index (κ2) is 26.6. The van der Waals surface area contributed by atoms with Gasteiger partial charge in [-0.3, -0.25) is 23.5 Å². The summed E-state index contributed by atoms with van der Waals surface area (Å²) in [7, 11) is 5.28. The Labute approximate surface area is 478 Å². The van der Waals surface area contributed by atoms with Crippen LogP contribution in [0.25, 0.3) is 27.5 Å². The number of nitrogens with zero attached hydrogens (tertiary/aromatic N) is 15. The van der Waals surface area contributed by atoms with Crippen molar-refractivity contribution in [2.24, 2.45) is 7.05 Å². The monoisotopic (exact) mass is 1120 g/mol. The second-order valence-electron chi connectivity index (χ2n) is 21.7. The fourth-order valence-corrected chi connectivity index (χ4v) is 11.2. The molecule has 0 N–H and O–H groups in total. The van der Waals surface area contributed by atoms with E-state index in [1.165, 1.54) is 0 Å². The van der Waals surface area contributed by atoms with Crippen molar-refractivity contribution < 1.29 is 23.7 Å². The highest BCUT2D eigenvalue weighted by molar-refractivity contribution is 5.83. The number of morpholine rings is 2. The van der Waals surface area contributed by atoms with Crippen molar-refractivity contribution in [1.29, 1.82) is 0 Å². The van der Waals surface area contributed by atoms with E-state index in [1.54, 1.807) is 34.2 Å². The summed E-state index contributed by atoms with van der Waals surface area (Å²) in [4.78, 5) is 70.2. The summed E-state index contributed by atoms with van der Waals surface area (Å²) in [5, 5.41) is 13.8. The molecule has 11 rings (SSSR count). The average molecular weight is 1120 g/mol. The number of likely N-dealkylation sites (tertiary alicyclic amines) is 1. The molecule has 0 aliphatic carbocycles. The third-order valence-electron chi connectivity index (χ3n) is 15.6. The standard InChI is InChI=1S/C31H39N7O4.C27H34N8O3.C2H6/c1-21-32-28-8-5-22(18-38(28)34-21)10-13-36-27(11-14-37-29(39)9-12-31(37,2)3)33-26-17-23(6-7-25(26)30(36)40)35-15-16-42-24(19-35)20-41-4;1-18-20(14-28-19(2)30-18)9-10-35-25(7-8-26-32-29-17-33(26)3)31-24-13-21(5-6-23(24)27(35)36)34-11-12-38-22(15-34)16-37-4;1-2/h5-8,17-18,24H,9-16,19-20H2,1-4H3;5-6,13-14,17,22H,7-12,15-16H2,1-4H3;1-2H3/t;22-;/m.1./s1. The molecule has 436 valence electrons. The van der Waals surface area contributed by atoms with Crippen LogP contribution in [-0.2, 0) is 76.0 Å². The van der Waals surface area contributed by atoms with Crippen LogP contribution < -0.4 is 20.9 Å². The highest BCUT2D eigenvalue weighted by Gasteiger charge is 2.37. The molecule has 0 bridgehead atoms. The van der Waals surface area contributed by atoms with Gasteiger partial charge in [0.2, 0.25) is 5.91 Å². The fraction of sp³-hybridized carbons (Fsp3) is 0.517. The minimum absolute atomic E-state index is 0.00187. The number of hydrogen-bond donors (Lipinski definition) is 0. The maximum Gasteiger partial charge on any atom is 0.261 e. The molecule has 2 aromatic carbocycles. The first kappa shape index (κ1) is 59.1. The zero-order chi connectivity index (χ0) is 58.1. The summed E-state index contributed by atoms with van der Waals surface area (Å²) in [6.07, 6.45) is 9.87. The number of carbonyl (C=O) groups is 1. The smallest absolute Gasteiger partial charge is 0.261 e. The van der Waals surface area contributed by atoms with Gasteiger partial charge in [-0.15, -0.1) is 10.2 Å². The first-order valence-electron chi connectivity index (χ1n) is 28.7. The predicted molar refractivity (Wildman–Crippen MR) is 315 cm³/mol. The number of amides is 1. The molecule has 3 aliphatic heterocycles. The van der Waals surface area contributed by atoms with E-state index in [0.717, 1.165) is 83.2 Å². The Bertz CT molecular complexity index is 3630. The largest absolute Gasteiger partial charge is 0.382 e. The molecule has 3 saturated heterocycles.